The number of para-hydroxylation sites is 1. The van der Waals surface area contributed by atoms with Crippen LogP contribution >= 0.6 is 11.3 Å². The number of hydrogen-bond donors (Lipinski definition) is 0. The minimum absolute atomic E-state index is 0.308. The van der Waals surface area contributed by atoms with Gasteiger partial charge in [-0.25, -0.2) is 4.39 Å². The van der Waals surface area contributed by atoms with Crippen molar-refractivity contribution in [1.82, 2.24) is 0 Å². The van der Waals surface area contributed by atoms with Gasteiger partial charge in [-0.1, -0.05) is 36.4 Å². The molecule has 0 aliphatic heterocycles. The molecule has 1 aromatic heterocycles. The quantitative estimate of drug-likeness (QED) is 0.594. The molecule has 3 aromatic rings. The van der Waals surface area contributed by atoms with E-state index in [1.807, 2.05) is 23.6 Å². The Bertz CT molecular complexity index is 908. The Balaban J connectivity index is 2.15. The highest BCUT2D eigenvalue weighted by molar-refractivity contribution is 7.15. The SMILES string of the molecule is CCN(c1ccccc1C)c1scc(-c2ccccc2F)c1C#N. The zero-order chi connectivity index (χ0) is 17.1. The van der Waals surface area contributed by atoms with E-state index < -0.39 is 0 Å². The first-order valence-electron chi connectivity index (χ1n) is 7.77. The van der Waals surface area contributed by atoms with E-state index >= 15 is 0 Å². The van der Waals surface area contributed by atoms with Crippen LogP contribution in [0.25, 0.3) is 11.1 Å². The summed E-state index contributed by atoms with van der Waals surface area (Å²) in [7, 11) is 0. The summed E-state index contributed by atoms with van der Waals surface area (Å²) in [6, 6.07) is 16.9. The molecule has 0 aliphatic carbocycles. The molecule has 0 spiro atoms. The molecule has 2 aromatic carbocycles. The van der Waals surface area contributed by atoms with Crippen LogP contribution in [0, 0.1) is 24.1 Å². The van der Waals surface area contributed by atoms with Gasteiger partial charge in [-0.2, -0.15) is 5.26 Å². The number of hydrogen-bond acceptors (Lipinski definition) is 3. The van der Waals surface area contributed by atoms with Gasteiger partial charge >= 0.3 is 0 Å². The van der Waals surface area contributed by atoms with Crippen molar-refractivity contribution in [1.29, 1.82) is 5.26 Å². The maximum absolute atomic E-state index is 14.2. The van der Waals surface area contributed by atoms with Crippen molar-refractivity contribution < 1.29 is 4.39 Å². The van der Waals surface area contributed by atoms with Crippen LogP contribution in [0.15, 0.2) is 53.9 Å². The lowest BCUT2D eigenvalue weighted by Gasteiger charge is -2.24. The van der Waals surface area contributed by atoms with Crippen LogP contribution in [0.2, 0.25) is 0 Å². The van der Waals surface area contributed by atoms with Crippen LogP contribution in [0.5, 0.6) is 0 Å². The second-order valence-corrected chi connectivity index (χ2v) is 6.31. The average molecular weight is 336 g/mol. The minimum atomic E-state index is -0.308. The fourth-order valence-electron chi connectivity index (χ4n) is 2.82. The Hall–Kier alpha value is -2.64. The Morgan fingerprint density at radius 2 is 1.79 bits per heavy atom. The lowest BCUT2D eigenvalue weighted by Crippen LogP contribution is -2.16. The number of anilines is 2. The van der Waals surface area contributed by atoms with Crippen LogP contribution in [0.3, 0.4) is 0 Å². The van der Waals surface area contributed by atoms with E-state index in [9.17, 15) is 9.65 Å². The fourth-order valence-corrected chi connectivity index (χ4v) is 3.92. The topological polar surface area (TPSA) is 27.0 Å². The summed E-state index contributed by atoms with van der Waals surface area (Å²) in [6.45, 7) is 4.84. The monoisotopic (exact) mass is 336 g/mol. The maximum Gasteiger partial charge on any atom is 0.131 e. The largest absolute Gasteiger partial charge is 0.332 e. The zero-order valence-corrected chi connectivity index (χ0v) is 14.4. The van der Waals surface area contributed by atoms with Crippen molar-refractivity contribution in [3.05, 3.63) is 70.9 Å². The number of benzene rings is 2. The third-order valence-corrected chi connectivity index (χ3v) is 5.02. The molecular weight excluding hydrogens is 319 g/mol. The number of rotatable bonds is 4. The highest BCUT2D eigenvalue weighted by Crippen LogP contribution is 2.41. The van der Waals surface area contributed by atoms with Crippen molar-refractivity contribution in [3.8, 4) is 17.2 Å². The Labute approximate surface area is 145 Å². The van der Waals surface area contributed by atoms with Gasteiger partial charge in [0.2, 0.25) is 0 Å². The summed E-state index contributed by atoms with van der Waals surface area (Å²) >= 11 is 1.48. The molecule has 0 bridgehead atoms. The molecule has 0 N–H and O–H groups in total. The van der Waals surface area contributed by atoms with E-state index in [4.69, 9.17) is 0 Å². The molecule has 120 valence electrons. The normalized spacial score (nSPS) is 10.4. The van der Waals surface area contributed by atoms with Crippen molar-refractivity contribution in [2.75, 3.05) is 11.4 Å². The summed E-state index contributed by atoms with van der Waals surface area (Å²) in [5.41, 5.74) is 3.86. The van der Waals surface area contributed by atoms with Gasteiger partial charge < -0.3 is 4.90 Å². The van der Waals surface area contributed by atoms with Crippen molar-refractivity contribution in [2.45, 2.75) is 13.8 Å². The van der Waals surface area contributed by atoms with Gasteiger partial charge in [-0.15, -0.1) is 11.3 Å². The molecule has 0 fully saturated rings. The fraction of sp³-hybridized carbons (Fsp3) is 0.150. The van der Waals surface area contributed by atoms with Gasteiger partial charge in [-0.05, 0) is 31.5 Å². The molecule has 0 atom stereocenters. The Kier molecular flexibility index (Phi) is 4.64. The van der Waals surface area contributed by atoms with E-state index in [1.54, 1.807) is 18.2 Å². The molecule has 3 rings (SSSR count). The van der Waals surface area contributed by atoms with Crippen molar-refractivity contribution in [3.63, 3.8) is 0 Å². The van der Waals surface area contributed by atoms with E-state index in [1.165, 1.54) is 17.4 Å². The van der Waals surface area contributed by atoms with E-state index in [0.29, 0.717) is 16.7 Å². The summed E-state index contributed by atoms with van der Waals surface area (Å²) in [5, 5.41) is 12.4. The van der Waals surface area contributed by atoms with Gasteiger partial charge in [0.25, 0.3) is 0 Å². The van der Waals surface area contributed by atoms with E-state index in [2.05, 4.69) is 30.9 Å². The Morgan fingerprint density at radius 1 is 1.08 bits per heavy atom. The van der Waals surface area contributed by atoms with Crippen LogP contribution in [0.4, 0.5) is 15.1 Å². The van der Waals surface area contributed by atoms with Gasteiger partial charge in [-0.3, -0.25) is 0 Å². The first kappa shape index (κ1) is 16.2. The molecule has 0 unspecified atom stereocenters. The highest BCUT2D eigenvalue weighted by atomic mass is 32.1. The predicted octanol–water partition coefficient (Wildman–Crippen LogP) is 5.89. The summed E-state index contributed by atoms with van der Waals surface area (Å²) < 4.78 is 14.2. The minimum Gasteiger partial charge on any atom is -0.332 e. The molecule has 0 aliphatic rings. The molecule has 0 radical (unpaired) electrons. The lowest BCUT2D eigenvalue weighted by atomic mass is 10.0. The predicted molar refractivity (Wildman–Crippen MR) is 98.3 cm³/mol. The number of nitrogens with zero attached hydrogens (tertiary/aromatic N) is 2. The standard InChI is InChI=1S/C20H17FN2S/c1-3-23(19-11-7-4-8-14(19)2)20-16(12-22)17(13-24-20)15-9-5-6-10-18(15)21/h4-11,13H,3H2,1-2H3. The molecule has 1 heterocycles. The summed E-state index contributed by atoms with van der Waals surface area (Å²) in [6.07, 6.45) is 0. The van der Waals surface area contributed by atoms with Gasteiger partial charge in [0.15, 0.2) is 0 Å². The molecule has 4 heteroatoms. The van der Waals surface area contributed by atoms with E-state index in [-0.39, 0.29) is 5.82 Å². The smallest absolute Gasteiger partial charge is 0.131 e. The maximum atomic E-state index is 14.2. The number of aryl methyl sites for hydroxylation is 1. The van der Waals surface area contributed by atoms with Crippen LogP contribution < -0.4 is 4.90 Å². The molecule has 2 nitrogen and oxygen atoms in total. The second kappa shape index (κ2) is 6.86. The van der Waals surface area contributed by atoms with Gasteiger partial charge in [0, 0.05) is 28.7 Å². The Morgan fingerprint density at radius 3 is 2.46 bits per heavy atom. The van der Waals surface area contributed by atoms with Gasteiger partial charge in [0.1, 0.15) is 16.9 Å². The number of nitriles is 1. The van der Waals surface area contributed by atoms with E-state index in [0.717, 1.165) is 22.8 Å². The molecule has 0 saturated heterocycles. The van der Waals surface area contributed by atoms with Crippen molar-refractivity contribution >= 4 is 22.0 Å². The van der Waals surface area contributed by atoms with Gasteiger partial charge in [0.05, 0.1) is 5.56 Å². The molecule has 24 heavy (non-hydrogen) atoms. The highest BCUT2D eigenvalue weighted by Gasteiger charge is 2.21. The first-order valence-corrected chi connectivity index (χ1v) is 8.65. The van der Waals surface area contributed by atoms with Crippen molar-refractivity contribution in [2.24, 2.45) is 0 Å². The molecule has 0 amide bonds. The summed E-state index contributed by atoms with van der Waals surface area (Å²) in [5.74, 6) is -0.308. The molecule has 0 saturated carbocycles. The summed E-state index contributed by atoms with van der Waals surface area (Å²) in [4.78, 5) is 2.11. The molecular formula is C20H17FN2S. The number of thiophene rings is 1. The van der Waals surface area contributed by atoms with Crippen LogP contribution in [0.1, 0.15) is 18.1 Å². The average Bonchev–Trinajstić information content (AvgIpc) is 3.01. The lowest BCUT2D eigenvalue weighted by molar-refractivity contribution is 0.631. The zero-order valence-electron chi connectivity index (χ0n) is 13.6. The van der Waals surface area contributed by atoms with Crippen LogP contribution in [-0.2, 0) is 0 Å². The third-order valence-electron chi connectivity index (χ3n) is 4.02. The number of halogens is 1. The second-order valence-electron chi connectivity index (χ2n) is 5.45. The third kappa shape index (κ3) is 2.79. The van der Waals surface area contributed by atoms with Crippen LogP contribution in [-0.4, -0.2) is 6.54 Å². The first-order chi connectivity index (χ1) is 11.7.